The van der Waals surface area contributed by atoms with Gasteiger partial charge in [-0.25, -0.2) is 0 Å². The van der Waals surface area contributed by atoms with Crippen molar-refractivity contribution in [2.24, 2.45) is 0 Å². The third kappa shape index (κ3) is 4.30. The number of amides is 1. The fourth-order valence-electron chi connectivity index (χ4n) is 2.52. The highest BCUT2D eigenvalue weighted by Gasteiger charge is 2.14. The molecule has 3 aromatic rings. The average Bonchev–Trinajstić information content (AvgIpc) is 3.28. The van der Waals surface area contributed by atoms with Gasteiger partial charge in [0, 0.05) is 27.4 Å². The van der Waals surface area contributed by atoms with E-state index in [0.717, 1.165) is 5.56 Å². The Balaban J connectivity index is 1.38. The number of thiophene rings is 1. The summed E-state index contributed by atoms with van der Waals surface area (Å²) in [5, 5.41) is 5.59. The van der Waals surface area contributed by atoms with E-state index in [4.69, 9.17) is 37.4 Å². The molecule has 2 heterocycles. The lowest BCUT2D eigenvalue weighted by Gasteiger charge is -2.06. The number of ether oxygens (including phenoxy) is 3. The van der Waals surface area contributed by atoms with Crippen molar-refractivity contribution in [3.8, 4) is 17.2 Å². The molecular weight excluding hydrogens is 409 g/mol. The highest BCUT2D eigenvalue weighted by molar-refractivity contribution is 7.12. The molecule has 0 saturated carbocycles. The molecule has 5 nitrogen and oxygen atoms in total. The molecule has 0 fully saturated rings. The lowest BCUT2D eigenvalue weighted by molar-refractivity contribution is 0.103. The number of benzene rings is 2. The molecule has 1 aliphatic heterocycles. The Bertz CT molecular complexity index is 985. The second kappa shape index (κ2) is 7.68. The molecule has 138 valence electrons. The molecule has 0 radical (unpaired) electrons. The molecule has 0 aliphatic carbocycles. The minimum atomic E-state index is -0.229. The number of fused-ring (bicyclic) bond motifs is 1. The van der Waals surface area contributed by atoms with E-state index in [9.17, 15) is 4.79 Å². The molecule has 1 amide bonds. The van der Waals surface area contributed by atoms with E-state index in [-0.39, 0.29) is 12.7 Å². The van der Waals surface area contributed by atoms with Crippen LogP contribution in [-0.4, -0.2) is 12.7 Å². The van der Waals surface area contributed by atoms with Crippen LogP contribution in [0.2, 0.25) is 10.0 Å². The van der Waals surface area contributed by atoms with Crippen LogP contribution in [0, 0.1) is 0 Å². The molecule has 1 aromatic heterocycles. The van der Waals surface area contributed by atoms with Gasteiger partial charge in [-0.1, -0.05) is 23.2 Å². The van der Waals surface area contributed by atoms with E-state index < -0.39 is 0 Å². The minimum Gasteiger partial charge on any atom is -0.489 e. The fraction of sp³-hybridized carbons (Fsp3) is 0.105. The van der Waals surface area contributed by atoms with Gasteiger partial charge < -0.3 is 19.5 Å². The van der Waals surface area contributed by atoms with Crippen LogP contribution in [0.1, 0.15) is 15.2 Å². The standard InChI is InChI=1S/C19H13Cl2NO4S/c20-12-4-13(21)6-14(5-12)22-19(23)18-3-11(9-27-18)8-24-15-1-2-16-17(7-15)26-10-25-16/h1-7,9H,8,10H2,(H,22,23). The third-order valence-electron chi connectivity index (χ3n) is 3.75. The summed E-state index contributed by atoms with van der Waals surface area (Å²) in [5.41, 5.74) is 1.44. The summed E-state index contributed by atoms with van der Waals surface area (Å²) in [6.45, 7) is 0.562. The van der Waals surface area contributed by atoms with Crippen LogP contribution >= 0.6 is 34.5 Å². The zero-order valence-electron chi connectivity index (χ0n) is 13.8. The van der Waals surface area contributed by atoms with Crippen LogP contribution in [0.5, 0.6) is 17.2 Å². The molecule has 0 unspecified atom stereocenters. The topological polar surface area (TPSA) is 56.8 Å². The molecule has 0 atom stereocenters. The van der Waals surface area contributed by atoms with Crippen LogP contribution in [0.4, 0.5) is 5.69 Å². The highest BCUT2D eigenvalue weighted by Crippen LogP contribution is 2.35. The van der Waals surface area contributed by atoms with Crippen LogP contribution in [0.25, 0.3) is 0 Å². The molecule has 1 aliphatic rings. The smallest absolute Gasteiger partial charge is 0.265 e. The maximum absolute atomic E-state index is 12.4. The molecule has 8 heteroatoms. The van der Waals surface area contributed by atoms with Crippen molar-refractivity contribution in [2.75, 3.05) is 12.1 Å². The van der Waals surface area contributed by atoms with Gasteiger partial charge in [-0.15, -0.1) is 11.3 Å². The largest absolute Gasteiger partial charge is 0.489 e. The van der Waals surface area contributed by atoms with Crippen LogP contribution in [-0.2, 0) is 6.61 Å². The van der Waals surface area contributed by atoms with Crippen molar-refractivity contribution in [1.29, 1.82) is 0 Å². The summed E-state index contributed by atoms with van der Waals surface area (Å²) >= 11 is 13.2. The van der Waals surface area contributed by atoms with Gasteiger partial charge in [0.1, 0.15) is 12.4 Å². The first-order chi connectivity index (χ1) is 13.1. The first-order valence-electron chi connectivity index (χ1n) is 7.94. The van der Waals surface area contributed by atoms with Gasteiger partial charge in [0.25, 0.3) is 5.91 Å². The van der Waals surface area contributed by atoms with Gasteiger partial charge in [0.05, 0.1) is 4.88 Å². The molecule has 27 heavy (non-hydrogen) atoms. The second-order valence-corrected chi connectivity index (χ2v) is 7.52. The van der Waals surface area contributed by atoms with Crippen LogP contribution in [0.3, 0.4) is 0 Å². The Morgan fingerprint density at radius 2 is 1.85 bits per heavy atom. The Morgan fingerprint density at radius 3 is 2.67 bits per heavy atom. The molecule has 0 bridgehead atoms. The summed E-state index contributed by atoms with van der Waals surface area (Å²) in [6.07, 6.45) is 0. The Morgan fingerprint density at radius 1 is 1.07 bits per heavy atom. The van der Waals surface area contributed by atoms with E-state index in [1.807, 2.05) is 11.4 Å². The summed E-state index contributed by atoms with van der Waals surface area (Å²) < 4.78 is 16.4. The summed E-state index contributed by atoms with van der Waals surface area (Å²) in [4.78, 5) is 13.0. The van der Waals surface area contributed by atoms with Gasteiger partial charge in [-0.3, -0.25) is 4.79 Å². The van der Waals surface area contributed by atoms with Gasteiger partial charge >= 0.3 is 0 Å². The van der Waals surface area contributed by atoms with E-state index >= 15 is 0 Å². The number of nitrogens with one attached hydrogen (secondary N) is 1. The Hall–Kier alpha value is -2.41. The molecule has 0 saturated heterocycles. The average molecular weight is 422 g/mol. The summed E-state index contributed by atoms with van der Waals surface area (Å²) in [6, 6.07) is 12.1. The number of hydrogen-bond donors (Lipinski definition) is 1. The molecule has 2 aromatic carbocycles. The number of carbonyl (C=O) groups excluding carboxylic acids is 1. The zero-order chi connectivity index (χ0) is 18.8. The quantitative estimate of drug-likeness (QED) is 0.580. The number of anilines is 1. The number of halogens is 2. The van der Waals surface area contributed by atoms with E-state index in [0.29, 0.717) is 44.5 Å². The lowest BCUT2D eigenvalue weighted by Crippen LogP contribution is -2.10. The lowest BCUT2D eigenvalue weighted by atomic mass is 10.3. The monoisotopic (exact) mass is 421 g/mol. The minimum absolute atomic E-state index is 0.222. The predicted molar refractivity (Wildman–Crippen MR) is 106 cm³/mol. The van der Waals surface area contributed by atoms with E-state index in [1.54, 1.807) is 36.4 Å². The summed E-state index contributed by atoms with van der Waals surface area (Å²) in [5.74, 6) is 1.81. The third-order valence-corrected chi connectivity index (χ3v) is 5.16. The maximum Gasteiger partial charge on any atom is 0.265 e. The maximum atomic E-state index is 12.4. The van der Waals surface area contributed by atoms with Crippen molar-refractivity contribution < 1.29 is 19.0 Å². The van der Waals surface area contributed by atoms with Gasteiger partial charge in [0.2, 0.25) is 6.79 Å². The highest BCUT2D eigenvalue weighted by atomic mass is 35.5. The fourth-order valence-corrected chi connectivity index (χ4v) is 3.84. The number of rotatable bonds is 5. The second-order valence-electron chi connectivity index (χ2n) is 5.74. The normalized spacial score (nSPS) is 12.1. The number of carbonyl (C=O) groups is 1. The van der Waals surface area contributed by atoms with Gasteiger partial charge in [0.15, 0.2) is 11.5 Å². The predicted octanol–water partition coefficient (Wildman–Crippen LogP) is 5.61. The SMILES string of the molecule is O=C(Nc1cc(Cl)cc(Cl)c1)c1cc(COc2ccc3c(c2)OCO3)cs1. The van der Waals surface area contributed by atoms with Crippen molar-refractivity contribution in [3.05, 3.63) is 68.3 Å². The van der Waals surface area contributed by atoms with Crippen molar-refractivity contribution in [3.63, 3.8) is 0 Å². The molecule has 4 rings (SSSR count). The zero-order valence-corrected chi connectivity index (χ0v) is 16.2. The molecule has 0 spiro atoms. The van der Waals surface area contributed by atoms with Crippen molar-refractivity contribution >= 4 is 46.1 Å². The van der Waals surface area contributed by atoms with Gasteiger partial charge in [-0.05, 0) is 41.8 Å². The van der Waals surface area contributed by atoms with Crippen molar-refractivity contribution in [2.45, 2.75) is 6.61 Å². The van der Waals surface area contributed by atoms with E-state index in [1.165, 1.54) is 11.3 Å². The Labute approximate surface area is 169 Å². The molecular formula is C19H13Cl2NO4S. The Kier molecular flexibility index (Phi) is 5.11. The summed E-state index contributed by atoms with van der Waals surface area (Å²) in [7, 11) is 0. The first-order valence-corrected chi connectivity index (χ1v) is 9.58. The van der Waals surface area contributed by atoms with Crippen LogP contribution < -0.4 is 19.5 Å². The first kappa shape index (κ1) is 18.0. The number of hydrogen-bond acceptors (Lipinski definition) is 5. The van der Waals surface area contributed by atoms with Crippen molar-refractivity contribution in [1.82, 2.24) is 0 Å². The molecule has 1 N–H and O–H groups in total. The van der Waals surface area contributed by atoms with Gasteiger partial charge in [-0.2, -0.15) is 0 Å². The van der Waals surface area contributed by atoms with E-state index in [2.05, 4.69) is 5.32 Å². The van der Waals surface area contributed by atoms with Crippen LogP contribution in [0.15, 0.2) is 47.8 Å².